The number of aromatic nitrogens is 1. The minimum Gasteiger partial charge on any atom is -0.361 e. The Morgan fingerprint density at radius 2 is 2.32 bits per heavy atom. The molecule has 1 aliphatic heterocycles. The molecule has 1 N–H and O–H groups in total. The molecule has 1 aromatic rings. The van der Waals surface area contributed by atoms with Crippen LogP contribution < -0.4 is 5.32 Å². The number of nitrogens with zero attached hydrogens (tertiary/aromatic N) is 2. The Hall–Kier alpha value is -1.36. The maximum Gasteiger partial charge on any atom is 0.224 e. The molecule has 0 bridgehead atoms. The molecule has 1 atom stereocenters. The predicted molar refractivity (Wildman–Crippen MR) is 72.9 cm³/mol. The molecule has 2 heterocycles. The molecule has 2 rings (SSSR count). The van der Waals surface area contributed by atoms with E-state index in [1.54, 1.807) is 0 Å². The summed E-state index contributed by atoms with van der Waals surface area (Å²) in [4.78, 5) is 14.4. The van der Waals surface area contributed by atoms with Crippen molar-refractivity contribution in [3.63, 3.8) is 0 Å². The third-order valence-electron chi connectivity index (χ3n) is 3.92. The third-order valence-corrected chi connectivity index (χ3v) is 3.92. The van der Waals surface area contributed by atoms with Crippen LogP contribution in [-0.2, 0) is 11.2 Å². The lowest BCUT2D eigenvalue weighted by atomic mass is 10.1. The molecule has 19 heavy (non-hydrogen) atoms. The monoisotopic (exact) mass is 265 g/mol. The fraction of sp³-hybridized carbons (Fsp3) is 0.714. The second-order valence-electron chi connectivity index (χ2n) is 5.33. The smallest absolute Gasteiger partial charge is 0.224 e. The van der Waals surface area contributed by atoms with Gasteiger partial charge in [-0.1, -0.05) is 12.1 Å². The highest BCUT2D eigenvalue weighted by Crippen LogP contribution is 2.15. The van der Waals surface area contributed by atoms with Crippen LogP contribution in [0.1, 0.15) is 30.4 Å². The molecule has 0 spiro atoms. The molecule has 1 saturated heterocycles. The van der Waals surface area contributed by atoms with E-state index in [4.69, 9.17) is 4.52 Å². The van der Waals surface area contributed by atoms with Crippen LogP contribution in [0.5, 0.6) is 0 Å². The van der Waals surface area contributed by atoms with Crippen LogP contribution in [0.3, 0.4) is 0 Å². The van der Waals surface area contributed by atoms with Crippen molar-refractivity contribution in [2.75, 3.05) is 26.2 Å². The number of carbonyl (C=O) groups is 1. The zero-order chi connectivity index (χ0) is 13.8. The van der Waals surface area contributed by atoms with Gasteiger partial charge in [0.1, 0.15) is 5.76 Å². The normalized spacial score (nSPS) is 19.8. The van der Waals surface area contributed by atoms with Crippen molar-refractivity contribution in [3.05, 3.63) is 17.0 Å². The molecule has 1 aliphatic rings. The van der Waals surface area contributed by atoms with Crippen molar-refractivity contribution >= 4 is 5.91 Å². The fourth-order valence-corrected chi connectivity index (χ4v) is 2.60. The largest absolute Gasteiger partial charge is 0.361 e. The van der Waals surface area contributed by atoms with E-state index in [0.29, 0.717) is 12.3 Å². The zero-order valence-electron chi connectivity index (χ0n) is 12.0. The Labute approximate surface area is 114 Å². The van der Waals surface area contributed by atoms with Crippen molar-refractivity contribution in [3.8, 4) is 0 Å². The first-order valence-corrected chi connectivity index (χ1v) is 7.01. The van der Waals surface area contributed by atoms with E-state index in [1.165, 1.54) is 6.42 Å². The van der Waals surface area contributed by atoms with Crippen LogP contribution in [-0.4, -0.2) is 42.1 Å². The lowest BCUT2D eigenvalue weighted by Crippen LogP contribution is -2.32. The molecular formula is C14H23N3O2. The summed E-state index contributed by atoms with van der Waals surface area (Å²) in [5, 5.41) is 6.89. The van der Waals surface area contributed by atoms with Crippen molar-refractivity contribution < 1.29 is 9.32 Å². The fourth-order valence-electron chi connectivity index (χ4n) is 2.60. The highest BCUT2D eigenvalue weighted by molar-refractivity contribution is 5.78. The molecule has 0 aromatic carbocycles. The van der Waals surface area contributed by atoms with Crippen LogP contribution in [0.4, 0.5) is 0 Å². The van der Waals surface area contributed by atoms with Crippen molar-refractivity contribution in [2.24, 2.45) is 5.92 Å². The number of hydrogen-bond acceptors (Lipinski definition) is 4. The number of aryl methyl sites for hydroxylation is 2. The Morgan fingerprint density at radius 3 is 2.89 bits per heavy atom. The van der Waals surface area contributed by atoms with Gasteiger partial charge in [-0.05, 0) is 39.3 Å². The summed E-state index contributed by atoms with van der Waals surface area (Å²) >= 11 is 0. The molecule has 1 fully saturated rings. The number of amides is 1. The van der Waals surface area contributed by atoms with Gasteiger partial charge in [-0.2, -0.15) is 0 Å². The van der Waals surface area contributed by atoms with Gasteiger partial charge in [0.2, 0.25) is 5.91 Å². The molecule has 1 amide bonds. The number of hydrogen-bond donors (Lipinski definition) is 1. The van der Waals surface area contributed by atoms with Gasteiger partial charge in [-0.25, -0.2) is 0 Å². The lowest BCUT2D eigenvalue weighted by Gasteiger charge is -2.13. The first-order valence-electron chi connectivity index (χ1n) is 7.01. The Balaban J connectivity index is 1.76. The van der Waals surface area contributed by atoms with Crippen LogP contribution in [0.25, 0.3) is 0 Å². The highest BCUT2D eigenvalue weighted by Gasteiger charge is 2.21. The minimum absolute atomic E-state index is 0.0596. The summed E-state index contributed by atoms with van der Waals surface area (Å²) in [7, 11) is 0. The summed E-state index contributed by atoms with van der Waals surface area (Å²) in [5.74, 6) is 1.39. The van der Waals surface area contributed by atoms with Crippen molar-refractivity contribution in [2.45, 2.75) is 33.6 Å². The van der Waals surface area contributed by atoms with E-state index < -0.39 is 0 Å². The van der Waals surface area contributed by atoms with Gasteiger partial charge in [-0.3, -0.25) is 4.79 Å². The maximum absolute atomic E-state index is 11.9. The second kappa shape index (κ2) is 6.19. The van der Waals surface area contributed by atoms with E-state index in [-0.39, 0.29) is 5.91 Å². The van der Waals surface area contributed by atoms with Gasteiger partial charge in [0.15, 0.2) is 0 Å². The van der Waals surface area contributed by atoms with Crippen molar-refractivity contribution in [1.82, 2.24) is 15.4 Å². The summed E-state index contributed by atoms with van der Waals surface area (Å²) in [6, 6.07) is 0. The summed E-state index contributed by atoms with van der Waals surface area (Å²) in [6.45, 7) is 10.0. The van der Waals surface area contributed by atoms with Gasteiger partial charge < -0.3 is 14.7 Å². The number of rotatable bonds is 5. The van der Waals surface area contributed by atoms with Gasteiger partial charge in [-0.15, -0.1) is 0 Å². The summed E-state index contributed by atoms with van der Waals surface area (Å²) < 4.78 is 5.07. The maximum atomic E-state index is 11.9. The Bertz CT molecular complexity index is 422. The Kier molecular flexibility index (Phi) is 4.58. The van der Waals surface area contributed by atoms with E-state index in [0.717, 1.165) is 43.2 Å². The SMILES string of the molecule is CCN1CC[C@@H](CNC(=O)Cc2c(C)noc2C)C1. The molecule has 0 unspecified atom stereocenters. The molecule has 0 aliphatic carbocycles. The molecular weight excluding hydrogens is 242 g/mol. The van der Waals surface area contributed by atoms with Crippen LogP contribution in [0, 0.1) is 19.8 Å². The minimum atomic E-state index is 0.0596. The first kappa shape index (κ1) is 14.1. The number of nitrogens with one attached hydrogen (secondary N) is 1. The van der Waals surface area contributed by atoms with Crippen LogP contribution in [0.15, 0.2) is 4.52 Å². The summed E-state index contributed by atoms with van der Waals surface area (Å²) in [6.07, 6.45) is 1.55. The molecule has 0 radical (unpaired) electrons. The van der Waals surface area contributed by atoms with Crippen molar-refractivity contribution in [1.29, 1.82) is 0 Å². The van der Waals surface area contributed by atoms with E-state index >= 15 is 0 Å². The second-order valence-corrected chi connectivity index (χ2v) is 5.33. The third kappa shape index (κ3) is 3.56. The predicted octanol–water partition coefficient (Wildman–Crippen LogP) is 1.29. The average Bonchev–Trinajstić information content (AvgIpc) is 2.98. The molecule has 1 aromatic heterocycles. The highest BCUT2D eigenvalue weighted by atomic mass is 16.5. The van der Waals surface area contributed by atoms with E-state index in [9.17, 15) is 4.79 Å². The van der Waals surface area contributed by atoms with Gasteiger partial charge >= 0.3 is 0 Å². The van der Waals surface area contributed by atoms with Gasteiger partial charge in [0.05, 0.1) is 12.1 Å². The molecule has 5 heteroatoms. The van der Waals surface area contributed by atoms with Gasteiger partial charge in [0, 0.05) is 18.7 Å². The topological polar surface area (TPSA) is 58.4 Å². The van der Waals surface area contributed by atoms with Gasteiger partial charge in [0.25, 0.3) is 0 Å². The molecule has 5 nitrogen and oxygen atoms in total. The zero-order valence-corrected chi connectivity index (χ0v) is 12.0. The standard InChI is InChI=1S/C14H23N3O2/c1-4-17-6-5-12(9-17)8-15-14(18)7-13-10(2)16-19-11(13)3/h12H,4-9H2,1-3H3,(H,15,18)/t12-/m0/s1. The van der Waals surface area contributed by atoms with E-state index in [2.05, 4.69) is 22.3 Å². The quantitative estimate of drug-likeness (QED) is 0.871. The first-order chi connectivity index (χ1) is 9.10. The molecule has 0 saturated carbocycles. The van der Waals surface area contributed by atoms with E-state index in [1.807, 2.05) is 13.8 Å². The Morgan fingerprint density at radius 1 is 1.53 bits per heavy atom. The number of carbonyl (C=O) groups excluding carboxylic acids is 1. The number of likely N-dealkylation sites (tertiary alicyclic amines) is 1. The molecule has 106 valence electrons. The lowest BCUT2D eigenvalue weighted by molar-refractivity contribution is -0.120. The average molecular weight is 265 g/mol. The summed E-state index contributed by atoms with van der Waals surface area (Å²) in [5.41, 5.74) is 1.73. The van der Waals surface area contributed by atoms with Crippen LogP contribution in [0.2, 0.25) is 0 Å². The van der Waals surface area contributed by atoms with Crippen LogP contribution >= 0.6 is 0 Å².